The maximum Gasteiger partial charge on any atom is 0.348 e. The molecule has 0 saturated carbocycles. The molecule has 1 heterocycles. The average molecular weight is 237 g/mol. The van der Waals surface area contributed by atoms with E-state index in [4.69, 9.17) is 0 Å². The molecule has 0 aliphatic carbocycles. The molecule has 0 fully saturated rings. The van der Waals surface area contributed by atoms with Gasteiger partial charge in [-0.2, -0.15) is 0 Å². The summed E-state index contributed by atoms with van der Waals surface area (Å²) in [6.45, 7) is 0. The fraction of sp³-hybridized carbons (Fsp3) is 0.100. The van der Waals surface area contributed by atoms with Crippen molar-refractivity contribution >= 4 is 33.1 Å². The summed E-state index contributed by atoms with van der Waals surface area (Å²) >= 11 is 1.18. The Kier molecular flexibility index (Phi) is 2.57. The number of rotatable bonds is 2. The topological polar surface area (TPSA) is 69.4 Å². The van der Waals surface area contributed by atoms with Crippen molar-refractivity contribution in [3.8, 4) is 0 Å². The maximum absolute atomic E-state index is 11.3. The van der Waals surface area contributed by atoms with Crippen LogP contribution >= 0.6 is 11.3 Å². The molecule has 0 N–H and O–H groups in total. The highest BCUT2D eigenvalue weighted by molar-refractivity contribution is 7.20. The number of ether oxygens (including phenoxy) is 1. The van der Waals surface area contributed by atoms with Crippen LogP contribution in [0.5, 0.6) is 0 Å². The van der Waals surface area contributed by atoms with Gasteiger partial charge in [0, 0.05) is 10.8 Å². The quantitative estimate of drug-likeness (QED) is 0.457. The largest absolute Gasteiger partial charge is 0.465 e. The van der Waals surface area contributed by atoms with Crippen LogP contribution in [0.25, 0.3) is 10.1 Å². The number of non-ortho nitro benzene ring substituents is 1. The summed E-state index contributed by atoms with van der Waals surface area (Å²) in [6.07, 6.45) is 0. The van der Waals surface area contributed by atoms with Crippen molar-refractivity contribution in [3.05, 3.63) is 39.3 Å². The van der Waals surface area contributed by atoms with Crippen LogP contribution in [0, 0.1) is 10.1 Å². The number of carbonyl (C=O) groups excluding carboxylic acids is 1. The summed E-state index contributed by atoms with van der Waals surface area (Å²) < 4.78 is 5.27. The highest BCUT2D eigenvalue weighted by Crippen LogP contribution is 2.32. The molecule has 0 amide bonds. The summed E-state index contributed by atoms with van der Waals surface area (Å²) in [5.41, 5.74) is 0.00361. The lowest BCUT2D eigenvalue weighted by molar-refractivity contribution is -0.383. The third kappa shape index (κ3) is 1.63. The third-order valence-corrected chi connectivity index (χ3v) is 3.20. The number of fused-ring (bicyclic) bond motifs is 1. The fourth-order valence-electron chi connectivity index (χ4n) is 1.41. The molecule has 0 spiro atoms. The minimum Gasteiger partial charge on any atom is -0.465 e. The summed E-state index contributed by atoms with van der Waals surface area (Å²) in [5.74, 6) is -0.476. The van der Waals surface area contributed by atoms with E-state index in [1.807, 2.05) is 0 Å². The molecule has 0 radical (unpaired) electrons. The number of thiophene rings is 1. The summed E-state index contributed by atoms with van der Waals surface area (Å²) in [5, 5.41) is 11.2. The summed E-state index contributed by atoms with van der Waals surface area (Å²) in [4.78, 5) is 21.9. The zero-order chi connectivity index (χ0) is 11.7. The highest BCUT2D eigenvalue weighted by atomic mass is 32.1. The lowest BCUT2D eigenvalue weighted by Gasteiger charge is -1.91. The van der Waals surface area contributed by atoms with Crippen LogP contribution < -0.4 is 0 Å². The summed E-state index contributed by atoms with van der Waals surface area (Å²) in [6, 6.07) is 6.23. The highest BCUT2D eigenvalue weighted by Gasteiger charge is 2.17. The number of hydrogen-bond donors (Lipinski definition) is 0. The first kappa shape index (κ1) is 10.6. The Labute approximate surface area is 94.4 Å². The molecule has 2 rings (SSSR count). The Morgan fingerprint density at radius 2 is 2.25 bits per heavy atom. The first-order chi connectivity index (χ1) is 7.63. The number of nitro groups is 1. The van der Waals surface area contributed by atoms with Crippen molar-refractivity contribution in [1.29, 1.82) is 0 Å². The van der Waals surface area contributed by atoms with Gasteiger partial charge in [-0.15, -0.1) is 11.3 Å². The minimum absolute atomic E-state index is 0.00361. The molecular weight excluding hydrogens is 230 g/mol. The number of carbonyl (C=O) groups is 1. The first-order valence-electron chi connectivity index (χ1n) is 4.38. The molecule has 82 valence electrons. The Hall–Kier alpha value is -1.95. The predicted octanol–water partition coefficient (Wildman–Crippen LogP) is 2.60. The van der Waals surface area contributed by atoms with Gasteiger partial charge in [0.1, 0.15) is 4.88 Å². The van der Waals surface area contributed by atoms with Gasteiger partial charge in [0.05, 0.1) is 17.4 Å². The van der Waals surface area contributed by atoms with E-state index in [0.717, 1.165) is 0 Å². The van der Waals surface area contributed by atoms with Crippen LogP contribution in [0.15, 0.2) is 24.3 Å². The second-order valence-corrected chi connectivity index (χ2v) is 4.13. The molecule has 1 aromatic heterocycles. The molecule has 0 atom stereocenters. The molecule has 0 bridgehead atoms. The average Bonchev–Trinajstić information content (AvgIpc) is 2.70. The molecular formula is C10H7NO4S. The third-order valence-electron chi connectivity index (χ3n) is 2.12. The van der Waals surface area contributed by atoms with Crippen molar-refractivity contribution < 1.29 is 14.5 Å². The Morgan fingerprint density at radius 1 is 1.50 bits per heavy atom. The first-order valence-corrected chi connectivity index (χ1v) is 5.20. The van der Waals surface area contributed by atoms with E-state index in [2.05, 4.69) is 4.74 Å². The second-order valence-electron chi connectivity index (χ2n) is 3.05. The van der Waals surface area contributed by atoms with Gasteiger partial charge >= 0.3 is 5.97 Å². The Balaban J connectivity index is 2.65. The van der Waals surface area contributed by atoms with Gasteiger partial charge in [-0.3, -0.25) is 10.1 Å². The molecule has 2 aromatic rings. The molecule has 16 heavy (non-hydrogen) atoms. The van der Waals surface area contributed by atoms with Gasteiger partial charge < -0.3 is 4.74 Å². The number of benzene rings is 1. The Bertz CT molecular complexity index is 575. The fourth-order valence-corrected chi connectivity index (χ4v) is 2.41. The zero-order valence-electron chi connectivity index (χ0n) is 8.30. The van der Waals surface area contributed by atoms with Gasteiger partial charge in [0.25, 0.3) is 5.69 Å². The Morgan fingerprint density at radius 3 is 2.88 bits per heavy atom. The van der Waals surface area contributed by atoms with Crippen molar-refractivity contribution in [3.63, 3.8) is 0 Å². The van der Waals surface area contributed by atoms with Gasteiger partial charge in [-0.25, -0.2) is 4.79 Å². The zero-order valence-corrected chi connectivity index (χ0v) is 9.11. The number of nitro benzene ring substituents is 1. The smallest absolute Gasteiger partial charge is 0.348 e. The van der Waals surface area contributed by atoms with E-state index in [1.165, 1.54) is 30.6 Å². The van der Waals surface area contributed by atoms with E-state index in [0.29, 0.717) is 15.0 Å². The SMILES string of the molecule is COC(=O)c1cc2c([N+](=O)[O-])cccc2s1. The van der Waals surface area contributed by atoms with E-state index < -0.39 is 10.9 Å². The predicted molar refractivity (Wildman–Crippen MR) is 59.8 cm³/mol. The molecule has 6 heteroatoms. The normalized spacial score (nSPS) is 10.3. The van der Waals surface area contributed by atoms with Crippen molar-refractivity contribution in [2.75, 3.05) is 7.11 Å². The van der Waals surface area contributed by atoms with E-state index >= 15 is 0 Å². The van der Waals surface area contributed by atoms with E-state index in [9.17, 15) is 14.9 Å². The van der Waals surface area contributed by atoms with Crippen LogP contribution in [0.1, 0.15) is 9.67 Å². The van der Waals surface area contributed by atoms with Crippen molar-refractivity contribution in [2.45, 2.75) is 0 Å². The molecule has 0 unspecified atom stereocenters. The lowest BCUT2D eigenvalue weighted by Crippen LogP contribution is -1.96. The molecule has 5 nitrogen and oxygen atoms in total. The summed E-state index contributed by atoms with van der Waals surface area (Å²) in [7, 11) is 1.28. The molecule has 0 saturated heterocycles. The van der Waals surface area contributed by atoms with Crippen LogP contribution in [0.3, 0.4) is 0 Å². The monoisotopic (exact) mass is 237 g/mol. The van der Waals surface area contributed by atoms with E-state index in [-0.39, 0.29) is 5.69 Å². The van der Waals surface area contributed by atoms with Crippen LogP contribution in [0.2, 0.25) is 0 Å². The maximum atomic E-state index is 11.3. The second kappa shape index (κ2) is 3.90. The van der Waals surface area contributed by atoms with Gasteiger partial charge in [0.15, 0.2) is 0 Å². The van der Waals surface area contributed by atoms with Crippen LogP contribution in [-0.2, 0) is 4.74 Å². The number of methoxy groups -OCH3 is 1. The standard InChI is InChI=1S/C10H7NO4S/c1-15-10(12)9-5-6-7(11(13)14)3-2-4-8(6)16-9/h2-5H,1H3. The van der Waals surface area contributed by atoms with Gasteiger partial charge in [-0.05, 0) is 12.1 Å². The van der Waals surface area contributed by atoms with Gasteiger partial charge in [0.2, 0.25) is 0 Å². The van der Waals surface area contributed by atoms with Crippen molar-refractivity contribution in [1.82, 2.24) is 0 Å². The number of hydrogen-bond acceptors (Lipinski definition) is 5. The van der Waals surface area contributed by atoms with E-state index in [1.54, 1.807) is 12.1 Å². The van der Waals surface area contributed by atoms with Gasteiger partial charge in [-0.1, -0.05) is 6.07 Å². The molecule has 1 aromatic carbocycles. The lowest BCUT2D eigenvalue weighted by atomic mass is 10.2. The van der Waals surface area contributed by atoms with Crippen LogP contribution in [0.4, 0.5) is 5.69 Å². The minimum atomic E-state index is -0.476. The number of esters is 1. The van der Waals surface area contributed by atoms with Crippen LogP contribution in [-0.4, -0.2) is 18.0 Å². The molecule has 0 aliphatic heterocycles. The number of nitrogens with zero attached hydrogens (tertiary/aromatic N) is 1. The van der Waals surface area contributed by atoms with Crippen molar-refractivity contribution in [2.24, 2.45) is 0 Å². The molecule has 0 aliphatic rings.